The molecule has 1 heterocycles. The van der Waals surface area contributed by atoms with E-state index in [0.717, 1.165) is 27.1 Å². The lowest BCUT2D eigenvalue weighted by atomic mass is 10.2. The van der Waals surface area contributed by atoms with E-state index in [0.29, 0.717) is 6.54 Å². The number of carbonyl (C=O) groups is 1. The molecule has 0 N–H and O–H groups in total. The summed E-state index contributed by atoms with van der Waals surface area (Å²) in [7, 11) is 3.29. The summed E-state index contributed by atoms with van der Waals surface area (Å²) in [6, 6.07) is 5.64. The molecular weight excluding hydrogens is 366 g/mol. The molecule has 2 rings (SSSR count). The van der Waals surface area contributed by atoms with Gasteiger partial charge in [0, 0.05) is 23.6 Å². The number of halogens is 2. The van der Waals surface area contributed by atoms with Crippen LogP contribution in [0.2, 0.25) is 4.47 Å². The summed E-state index contributed by atoms with van der Waals surface area (Å²) in [6.07, 6.45) is 0. The molecule has 0 unspecified atom stereocenters. The Morgan fingerprint density at radius 2 is 2.25 bits per heavy atom. The van der Waals surface area contributed by atoms with Gasteiger partial charge in [-0.2, -0.15) is 0 Å². The first-order valence-corrected chi connectivity index (χ1v) is 7.57. The molecule has 2 aromatic rings. The fourth-order valence-electron chi connectivity index (χ4n) is 1.65. The van der Waals surface area contributed by atoms with Gasteiger partial charge in [0.05, 0.1) is 7.11 Å². The SMILES string of the molecule is COc1ccc(Br)cc1CN(C)C(=O)c1nnc(Cl)s1. The molecule has 1 aromatic heterocycles. The van der Waals surface area contributed by atoms with E-state index in [1.54, 1.807) is 19.1 Å². The molecule has 0 aliphatic rings. The summed E-state index contributed by atoms with van der Waals surface area (Å²) in [6.45, 7) is 0.401. The van der Waals surface area contributed by atoms with Crippen molar-refractivity contribution in [3.8, 4) is 5.75 Å². The van der Waals surface area contributed by atoms with E-state index < -0.39 is 0 Å². The van der Waals surface area contributed by atoms with Crippen molar-refractivity contribution in [1.82, 2.24) is 15.1 Å². The minimum absolute atomic E-state index is 0.226. The summed E-state index contributed by atoms with van der Waals surface area (Å²) in [5, 5.41) is 7.64. The number of benzene rings is 1. The fraction of sp³-hybridized carbons (Fsp3) is 0.250. The first-order valence-electron chi connectivity index (χ1n) is 5.58. The molecule has 0 aliphatic heterocycles. The van der Waals surface area contributed by atoms with Crippen molar-refractivity contribution in [3.63, 3.8) is 0 Å². The Morgan fingerprint density at radius 3 is 2.85 bits per heavy atom. The van der Waals surface area contributed by atoms with E-state index in [9.17, 15) is 4.79 Å². The minimum Gasteiger partial charge on any atom is -0.496 e. The number of methoxy groups -OCH3 is 1. The predicted molar refractivity (Wildman–Crippen MR) is 81.4 cm³/mol. The smallest absolute Gasteiger partial charge is 0.284 e. The Labute approximate surface area is 133 Å². The first-order chi connectivity index (χ1) is 9.51. The largest absolute Gasteiger partial charge is 0.496 e. The zero-order chi connectivity index (χ0) is 14.7. The van der Waals surface area contributed by atoms with Crippen molar-refractivity contribution in [2.24, 2.45) is 0 Å². The number of ether oxygens (including phenoxy) is 1. The van der Waals surface area contributed by atoms with Gasteiger partial charge in [-0.1, -0.05) is 27.3 Å². The Bertz CT molecular complexity index is 635. The summed E-state index contributed by atoms with van der Waals surface area (Å²) in [5.41, 5.74) is 0.897. The number of aromatic nitrogens is 2. The Hall–Kier alpha value is -1.18. The van der Waals surface area contributed by atoms with Crippen molar-refractivity contribution >= 4 is 44.8 Å². The van der Waals surface area contributed by atoms with Gasteiger partial charge in [0.25, 0.3) is 5.91 Å². The molecule has 0 radical (unpaired) electrons. The quantitative estimate of drug-likeness (QED) is 0.822. The number of rotatable bonds is 4. The Kier molecular flexibility index (Phi) is 4.95. The molecule has 1 aromatic carbocycles. The predicted octanol–water partition coefficient (Wildman–Crippen LogP) is 3.23. The number of hydrogen-bond acceptors (Lipinski definition) is 5. The topological polar surface area (TPSA) is 55.3 Å². The van der Waals surface area contributed by atoms with Gasteiger partial charge in [0.15, 0.2) is 0 Å². The van der Waals surface area contributed by atoms with E-state index in [1.807, 2.05) is 18.2 Å². The Morgan fingerprint density at radius 1 is 1.50 bits per heavy atom. The second kappa shape index (κ2) is 6.51. The van der Waals surface area contributed by atoms with Crippen molar-refractivity contribution < 1.29 is 9.53 Å². The molecule has 0 atom stereocenters. The van der Waals surface area contributed by atoms with E-state index >= 15 is 0 Å². The van der Waals surface area contributed by atoms with Gasteiger partial charge in [-0.15, -0.1) is 10.2 Å². The molecule has 8 heteroatoms. The van der Waals surface area contributed by atoms with E-state index in [2.05, 4.69) is 26.1 Å². The highest BCUT2D eigenvalue weighted by molar-refractivity contribution is 9.10. The number of carbonyl (C=O) groups excluding carboxylic acids is 1. The van der Waals surface area contributed by atoms with Gasteiger partial charge in [0.1, 0.15) is 5.75 Å². The molecule has 0 saturated heterocycles. The lowest BCUT2D eigenvalue weighted by Gasteiger charge is -2.17. The molecule has 5 nitrogen and oxygen atoms in total. The van der Waals surface area contributed by atoms with Crippen molar-refractivity contribution in [1.29, 1.82) is 0 Å². The number of amides is 1. The average molecular weight is 377 g/mol. The lowest BCUT2D eigenvalue weighted by Crippen LogP contribution is -2.26. The van der Waals surface area contributed by atoms with E-state index in [4.69, 9.17) is 16.3 Å². The van der Waals surface area contributed by atoms with Crippen LogP contribution < -0.4 is 4.74 Å². The standard InChI is InChI=1S/C12H11BrClN3O2S/c1-17(11(18)10-15-16-12(14)20-10)6-7-5-8(13)3-4-9(7)19-2/h3-5H,6H2,1-2H3. The molecule has 106 valence electrons. The first kappa shape index (κ1) is 15.2. The highest BCUT2D eigenvalue weighted by Gasteiger charge is 2.18. The normalized spacial score (nSPS) is 10.4. The van der Waals surface area contributed by atoms with Crippen LogP contribution in [-0.2, 0) is 6.54 Å². The van der Waals surface area contributed by atoms with E-state index in [-0.39, 0.29) is 15.4 Å². The maximum atomic E-state index is 12.2. The van der Waals surface area contributed by atoms with Crippen molar-refractivity contribution in [2.45, 2.75) is 6.54 Å². The highest BCUT2D eigenvalue weighted by Crippen LogP contribution is 2.25. The lowest BCUT2D eigenvalue weighted by molar-refractivity contribution is 0.0783. The van der Waals surface area contributed by atoms with Crippen LogP contribution in [0.3, 0.4) is 0 Å². The van der Waals surface area contributed by atoms with Crippen molar-refractivity contribution in [3.05, 3.63) is 37.7 Å². The minimum atomic E-state index is -0.226. The molecule has 0 aliphatic carbocycles. The van der Waals surface area contributed by atoms with Gasteiger partial charge in [-0.25, -0.2) is 0 Å². The summed E-state index contributed by atoms with van der Waals surface area (Å²) < 4.78 is 6.46. The third kappa shape index (κ3) is 3.47. The zero-order valence-corrected chi connectivity index (χ0v) is 13.9. The van der Waals surface area contributed by atoms with Gasteiger partial charge >= 0.3 is 0 Å². The zero-order valence-electron chi connectivity index (χ0n) is 10.8. The van der Waals surface area contributed by atoms with Gasteiger partial charge in [0.2, 0.25) is 9.47 Å². The number of nitrogens with zero attached hydrogens (tertiary/aromatic N) is 3. The van der Waals surface area contributed by atoms with E-state index in [1.165, 1.54) is 0 Å². The van der Waals surface area contributed by atoms with Crippen LogP contribution in [0.5, 0.6) is 5.75 Å². The summed E-state index contributed by atoms with van der Waals surface area (Å²) >= 11 is 10.1. The molecular formula is C12H11BrClN3O2S. The van der Waals surface area contributed by atoms with Crippen LogP contribution in [-0.4, -0.2) is 35.2 Å². The van der Waals surface area contributed by atoms with Crippen molar-refractivity contribution in [2.75, 3.05) is 14.2 Å². The Balaban J connectivity index is 2.17. The maximum Gasteiger partial charge on any atom is 0.284 e. The van der Waals surface area contributed by atoms with Crippen LogP contribution in [0, 0.1) is 0 Å². The maximum absolute atomic E-state index is 12.2. The van der Waals surface area contributed by atoms with Crippen LogP contribution >= 0.6 is 38.9 Å². The van der Waals surface area contributed by atoms with Crippen LogP contribution in [0.25, 0.3) is 0 Å². The van der Waals surface area contributed by atoms with Gasteiger partial charge < -0.3 is 9.64 Å². The molecule has 20 heavy (non-hydrogen) atoms. The second-order valence-electron chi connectivity index (χ2n) is 3.98. The third-order valence-corrected chi connectivity index (χ3v) is 4.08. The fourth-order valence-corrected chi connectivity index (χ4v) is 2.88. The average Bonchev–Trinajstić information content (AvgIpc) is 2.84. The molecule has 0 saturated carbocycles. The molecule has 0 spiro atoms. The molecule has 0 fully saturated rings. The molecule has 1 amide bonds. The molecule has 0 bridgehead atoms. The third-order valence-electron chi connectivity index (χ3n) is 2.58. The summed E-state index contributed by atoms with van der Waals surface area (Å²) in [4.78, 5) is 13.7. The number of hydrogen-bond donors (Lipinski definition) is 0. The van der Waals surface area contributed by atoms with Crippen LogP contribution in [0.1, 0.15) is 15.4 Å². The monoisotopic (exact) mass is 375 g/mol. The van der Waals surface area contributed by atoms with Gasteiger partial charge in [-0.3, -0.25) is 4.79 Å². The highest BCUT2D eigenvalue weighted by atomic mass is 79.9. The van der Waals surface area contributed by atoms with Crippen LogP contribution in [0.15, 0.2) is 22.7 Å². The van der Waals surface area contributed by atoms with Crippen LogP contribution in [0.4, 0.5) is 0 Å². The summed E-state index contributed by atoms with van der Waals surface area (Å²) in [5.74, 6) is 0.500. The van der Waals surface area contributed by atoms with Gasteiger partial charge in [-0.05, 0) is 29.8 Å². The second-order valence-corrected chi connectivity index (χ2v) is 6.45.